The molecule has 1 aromatic carbocycles. The smallest absolute Gasteiger partial charge is 0.255 e. The number of nitrogens with one attached hydrogen (secondary N) is 2. The normalized spacial score (nSPS) is 13.9. The van der Waals surface area contributed by atoms with E-state index in [9.17, 15) is 14.4 Å². The molecule has 1 aliphatic rings. The maximum Gasteiger partial charge on any atom is 0.255 e. The number of carbonyl (C=O) groups is 3. The molecule has 1 aromatic rings. The van der Waals surface area contributed by atoms with Crippen LogP contribution in [0.3, 0.4) is 0 Å². The van der Waals surface area contributed by atoms with E-state index in [2.05, 4.69) is 10.6 Å². The van der Waals surface area contributed by atoms with Crippen LogP contribution in [0.2, 0.25) is 0 Å². The van der Waals surface area contributed by atoms with Crippen molar-refractivity contribution in [1.82, 2.24) is 10.2 Å². The van der Waals surface area contributed by atoms with Crippen LogP contribution in [0.15, 0.2) is 36.0 Å². The molecule has 6 nitrogen and oxygen atoms in total. The van der Waals surface area contributed by atoms with E-state index in [0.717, 1.165) is 11.3 Å². The number of rotatable bonds is 4. The molecule has 6 heteroatoms. The van der Waals surface area contributed by atoms with Crippen molar-refractivity contribution in [2.24, 2.45) is 0 Å². The molecule has 0 aromatic heterocycles. The molecule has 0 atom stereocenters. The summed E-state index contributed by atoms with van der Waals surface area (Å²) in [5.74, 6) is -0.618. The number of likely N-dealkylation sites (N-methyl/N-ethyl adjacent to an activating group) is 1. The van der Waals surface area contributed by atoms with E-state index < -0.39 is 0 Å². The molecule has 0 aliphatic carbocycles. The molecular formula is C15H17N3O3. The molecular weight excluding hydrogens is 270 g/mol. The highest BCUT2D eigenvalue weighted by Gasteiger charge is 2.24. The number of hydrogen-bond donors (Lipinski definition) is 2. The quantitative estimate of drug-likeness (QED) is 0.852. The van der Waals surface area contributed by atoms with Crippen LogP contribution in [0.1, 0.15) is 12.5 Å². The van der Waals surface area contributed by atoms with Crippen LogP contribution in [-0.2, 0) is 20.8 Å². The highest BCUT2D eigenvalue weighted by atomic mass is 16.2. The number of amides is 3. The minimum Gasteiger partial charge on any atom is -0.359 e. The lowest BCUT2D eigenvalue weighted by atomic mass is 10.1. The van der Waals surface area contributed by atoms with Gasteiger partial charge in [-0.2, -0.15) is 0 Å². The predicted octanol–water partition coefficient (Wildman–Crippen LogP) is 0.660. The fourth-order valence-corrected chi connectivity index (χ4v) is 2.03. The highest BCUT2D eigenvalue weighted by molar-refractivity contribution is 6.03. The summed E-state index contributed by atoms with van der Waals surface area (Å²) in [6.07, 6.45) is 1.75. The number of carbonyl (C=O) groups excluding carboxylic acids is 3. The zero-order valence-corrected chi connectivity index (χ0v) is 12.0. The van der Waals surface area contributed by atoms with Crippen LogP contribution in [0, 0.1) is 0 Å². The van der Waals surface area contributed by atoms with Crippen molar-refractivity contribution in [2.45, 2.75) is 13.3 Å². The molecule has 0 unspecified atom stereocenters. The topological polar surface area (TPSA) is 78.5 Å². The Labute approximate surface area is 122 Å². The molecule has 1 heterocycles. The van der Waals surface area contributed by atoms with Crippen LogP contribution in [-0.4, -0.2) is 36.2 Å². The second-order valence-corrected chi connectivity index (χ2v) is 4.78. The van der Waals surface area contributed by atoms with Gasteiger partial charge in [0.2, 0.25) is 11.8 Å². The molecule has 1 aliphatic heterocycles. The zero-order chi connectivity index (χ0) is 15.4. The monoisotopic (exact) mass is 287 g/mol. The van der Waals surface area contributed by atoms with E-state index in [0.29, 0.717) is 12.1 Å². The Balaban J connectivity index is 1.98. The van der Waals surface area contributed by atoms with Gasteiger partial charge >= 0.3 is 0 Å². The van der Waals surface area contributed by atoms with E-state index in [1.54, 1.807) is 7.05 Å². The Hall–Kier alpha value is -2.63. The van der Waals surface area contributed by atoms with Crippen LogP contribution in [0.4, 0.5) is 5.69 Å². The summed E-state index contributed by atoms with van der Waals surface area (Å²) in [4.78, 5) is 35.2. The fraction of sp³-hybridized carbons (Fsp3) is 0.267. The van der Waals surface area contributed by atoms with Gasteiger partial charge in [-0.3, -0.25) is 19.3 Å². The lowest BCUT2D eigenvalue weighted by molar-refractivity contribution is -0.138. The third-order valence-corrected chi connectivity index (χ3v) is 3.17. The Bertz CT molecular complexity index is 605. The molecule has 21 heavy (non-hydrogen) atoms. The second-order valence-electron chi connectivity index (χ2n) is 4.78. The largest absolute Gasteiger partial charge is 0.359 e. The van der Waals surface area contributed by atoms with Gasteiger partial charge in [0.25, 0.3) is 5.91 Å². The van der Waals surface area contributed by atoms with Crippen LogP contribution in [0.25, 0.3) is 0 Å². The SMILES string of the molecule is CNC(=O)Cc1ccc(NC2=CC(=O)N(C(C)=O)C2)cc1. The Morgan fingerprint density at radius 2 is 1.90 bits per heavy atom. The Kier molecular flexibility index (Phi) is 4.37. The second kappa shape index (κ2) is 6.21. The first kappa shape index (κ1) is 14.8. The van der Waals surface area contributed by atoms with Crippen molar-refractivity contribution in [3.05, 3.63) is 41.6 Å². The molecule has 0 saturated heterocycles. The molecule has 3 amide bonds. The predicted molar refractivity (Wildman–Crippen MR) is 78.3 cm³/mol. The van der Waals surface area contributed by atoms with E-state index in [1.807, 2.05) is 24.3 Å². The maximum atomic E-state index is 11.6. The van der Waals surface area contributed by atoms with Gasteiger partial charge in [-0.05, 0) is 17.7 Å². The minimum absolute atomic E-state index is 0.0445. The van der Waals surface area contributed by atoms with Crippen molar-refractivity contribution in [1.29, 1.82) is 0 Å². The lowest BCUT2D eigenvalue weighted by Crippen LogP contribution is -2.31. The first-order valence-corrected chi connectivity index (χ1v) is 6.59. The molecule has 0 saturated carbocycles. The fourth-order valence-electron chi connectivity index (χ4n) is 2.03. The van der Waals surface area contributed by atoms with E-state index in [-0.39, 0.29) is 24.3 Å². The van der Waals surface area contributed by atoms with Crippen molar-refractivity contribution in [2.75, 3.05) is 18.9 Å². The minimum atomic E-state index is -0.304. The molecule has 110 valence electrons. The van der Waals surface area contributed by atoms with Gasteiger partial charge in [0.15, 0.2) is 0 Å². The third-order valence-electron chi connectivity index (χ3n) is 3.17. The summed E-state index contributed by atoms with van der Waals surface area (Å²) >= 11 is 0. The number of anilines is 1. The summed E-state index contributed by atoms with van der Waals surface area (Å²) in [5, 5.41) is 5.66. The summed E-state index contributed by atoms with van der Waals surface area (Å²) in [6.45, 7) is 1.62. The van der Waals surface area contributed by atoms with Gasteiger partial charge < -0.3 is 10.6 Å². The zero-order valence-electron chi connectivity index (χ0n) is 12.0. The molecule has 2 N–H and O–H groups in total. The summed E-state index contributed by atoms with van der Waals surface area (Å²) in [6, 6.07) is 7.36. The van der Waals surface area contributed by atoms with Gasteiger partial charge in [-0.15, -0.1) is 0 Å². The number of benzene rings is 1. The van der Waals surface area contributed by atoms with Crippen molar-refractivity contribution >= 4 is 23.4 Å². The molecule has 0 spiro atoms. The number of nitrogens with zero attached hydrogens (tertiary/aromatic N) is 1. The first-order chi connectivity index (χ1) is 9.99. The summed E-state index contributed by atoms with van der Waals surface area (Å²) < 4.78 is 0. The number of hydrogen-bond acceptors (Lipinski definition) is 4. The van der Waals surface area contributed by atoms with E-state index in [4.69, 9.17) is 0 Å². The van der Waals surface area contributed by atoms with Gasteiger partial charge in [0.1, 0.15) is 0 Å². The van der Waals surface area contributed by atoms with Crippen molar-refractivity contribution in [3.63, 3.8) is 0 Å². The lowest BCUT2D eigenvalue weighted by Gasteiger charge is -2.12. The van der Waals surface area contributed by atoms with Crippen molar-refractivity contribution in [3.8, 4) is 0 Å². The van der Waals surface area contributed by atoms with Crippen LogP contribution < -0.4 is 10.6 Å². The van der Waals surface area contributed by atoms with Gasteiger partial charge in [-0.25, -0.2) is 0 Å². The average molecular weight is 287 g/mol. The summed E-state index contributed by atoms with van der Waals surface area (Å²) in [7, 11) is 1.60. The average Bonchev–Trinajstić information content (AvgIpc) is 2.82. The van der Waals surface area contributed by atoms with Gasteiger partial charge in [0.05, 0.1) is 13.0 Å². The molecule has 0 radical (unpaired) electrons. The number of imide groups is 1. The molecule has 0 fully saturated rings. The standard InChI is InChI=1S/C15H17N3O3/c1-10(19)18-9-13(8-15(18)21)17-12-5-3-11(4-6-12)7-14(20)16-2/h3-6,8,17H,7,9H2,1-2H3,(H,16,20). The Morgan fingerprint density at radius 1 is 1.24 bits per heavy atom. The van der Waals surface area contributed by atoms with E-state index in [1.165, 1.54) is 17.9 Å². The third kappa shape index (κ3) is 3.68. The van der Waals surface area contributed by atoms with Crippen LogP contribution in [0.5, 0.6) is 0 Å². The maximum absolute atomic E-state index is 11.6. The Morgan fingerprint density at radius 3 is 2.43 bits per heavy atom. The van der Waals surface area contributed by atoms with Gasteiger partial charge in [0, 0.05) is 31.4 Å². The van der Waals surface area contributed by atoms with Gasteiger partial charge in [-0.1, -0.05) is 12.1 Å². The first-order valence-electron chi connectivity index (χ1n) is 6.59. The van der Waals surface area contributed by atoms with Crippen LogP contribution >= 0.6 is 0 Å². The van der Waals surface area contributed by atoms with Crippen molar-refractivity contribution < 1.29 is 14.4 Å². The highest BCUT2D eigenvalue weighted by Crippen LogP contribution is 2.16. The molecule has 2 rings (SSSR count). The molecule has 0 bridgehead atoms. The summed E-state index contributed by atoms with van der Waals surface area (Å²) in [5.41, 5.74) is 2.39. The van der Waals surface area contributed by atoms with E-state index >= 15 is 0 Å².